The van der Waals surface area contributed by atoms with Gasteiger partial charge in [0.25, 0.3) is 0 Å². The lowest BCUT2D eigenvalue weighted by atomic mass is 10.0. The summed E-state index contributed by atoms with van der Waals surface area (Å²) >= 11 is 0. The van der Waals surface area contributed by atoms with E-state index in [4.69, 9.17) is 0 Å². The zero-order valence-electron chi connectivity index (χ0n) is 18.0. The highest BCUT2D eigenvalue weighted by atomic mass is 14.0. The molecule has 1 radical (unpaired) electrons. The third-order valence-electron chi connectivity index (χ3n) is 5.56. The molecule has 0 amide bonds. The topological polar surface area (TPSA) is 0 Å². The van der Waals surface area contributed by atoms with Gasteiger partial charge in [-0.15, -0.1) is 0 Å². The third-order valence-corrected chi connectivity index (χ3v) is 5.56. The van der Waals surface area contributed by atoms with E-state index in [9.17, 15) is 0 Å². The third kappa shape index (κ3) is 13.4. The second-order valence-electron chi connectivity index (χ2n) is 8.17. The van der Waals surface area contributed by atoms with Gasteiger partial charge in [-0.3, -0.25) is 0 Å². The Morgan fingerprint density at radius 1 is 0.538 bits per heavy atom. The lowest BCUT2D eigenvalue weighted by Crippen LogP contribution is -1.90. The molecule has 0 aliphatic rings. The van der Waals surface area contributed by atoms with Gasteiger partial charge < -0.3 is 0 Å². The Bertz CT molecular complexity index is 350. The Labute approximate surface area is 165 Å². The Hall–Kier alpha value is -0.780. The van der Waals surface area contributed by atoms with Crippen molar-refractivity contribution in [2.75, 3.05) is 0 Å². The number of rotatable bonds is 18. The molecular weight excluding hydrogens is 312 g/mol. The Kier molecular flexibility index (Phi) is 15.8. The normalized spacial score (nSPS) is 11.2. The summed E-state index contributed by atoms with van der Waals surface area (Å²) < 4.78 is 0. The van der Waals surface area contributed by atoms with Gasteiger partial charge >= 0.3 is 0 Å². The van der Waals surface area contributed by atoms with Crippen LogP contribution in [0.15, 0.2) is 18.2 Å². The van der Waals surface area contributed by atoms with Crippen LogP contribution in [0.5, 0.6) is 0 Å². The summed E-state index contributed by atoms with van der Waals surface area (Å²) in [5, 5.41) is 0. The molecular formula is C26H45. The average molecular weight is 358 g/mol. The number of hydrogen-bond acceptors (Lipinski definition) is 0. The Morgan fingerprint density at radius 2 is 1.00 bits per heavy atom. The van der Waals surface area contributed by atoms with E-state index in [0.717, 1.165) is 0 Å². The molecule has 1 aromatic rings. The molecule has 1 aromatic carbocycles. The Morgan fingerprint density at radius 3 is 1.46 bits per heavy atom. The molecule has 0 fully saturated rings. The largest absolute Gasteiger partial charge is 0.0654 e. The minimum Gasteiger partial charge on any atom is -0.0654 e. The molecule has 1 rings (SSSR count). The van der Waals surface area contributed by atoms with Gasteiger partial charge in [0.05, 0.1) is 0 Å². The Balaban J connectivity index is 1.98. The van der Waals surface area contributed by atoms with Crippen LogP contribution in [0.1, 0.15) is 128 Å². The van der Waals surface area contributed by atoms with Crippen LogP contribution in [0.25, 0.3) is 0 Å². The minimum absolute atomic E-state index is 1.22. The standard InChI is InChI=1S/C26H45/c1-3-5-7-9-11-13-15-17-19-25-21-23-26(24-22-25)20-18-16-14-12-10-8-6-4-2/h21-23H,3-20H2,1-2H3. The van der Waals surface area contributed by atoms with Gasteiger partial charge in [-0.2, -0.15) is 0 Å². The number of hydrogen-bond donors (Lipinski definition) is 0. The van der Waals surface area contributed by atoms with Crippen LogP contribution in [-0.4, -0.2) is 0 Å². The summed E-state index contributed by atoms with van der Waals surface area (Å²) in [5.41, 5.74) is 2.89. The van der Waals surface area contributed by atoms with Crippen LogP contribution < -0.4 is 0 Å². The van der Waals surface area contributed by atoms with Crippen molar-refractivity contribution < 1.29 is 0 Å². The molecule has 0 N–H and O–H groups in total. The second kappa shape index (κ2) is 17.6. The molecule has 0 nitrogen and oxygen atoms in total. The van der Waals surface area contributed by atoms with E-state index in [0.29, 0.717) is 0 Å². The van der Waals surface area contributed by atoms with Crippen LogP contribution in [0.2, 0.25) is 0 Å². The highest BCUT2D eigenvalue weighted by Gasteiger charge is 1.98. The first kappa shape index (κ1) is 23.3. The van der Waals surface area contributed by atoms with Gasteiger partial charge in [-0.25, -0.2) is 0 Å². The predicted molar refractivity (Wildman–Crippen MR) is 118 cm³/mol. The van der Waals surface area contributed by atoms with Crippen LogP contribution in [0.3, 0.4) is 0 Å². The monoisotopic (exact) mass is 357 g/mol. The fourth-order valence-corrected chi connectivity index (χ4v) is 3.71. The maximum Gasteiger partial charge on any atom is -0.0146 e. The van der Waals surface area contributed by atoms with Crippen molar-refractivity contribution in [3.8, 4) is 0 Å². The van der Waals surface area contributed by atoms with Gasteiger partial charge in [0.1, 0.15) is 0 Å². The van der Waals surface area contributed by atoms with Crippen molar-refractivity contribution in [3.05, 3.63) is 35.4 Å². The second-order valence-corrected chi connectivity index (χ2v) is 8.17. The molecule has 0 heteroatoms. The van der Waals surface area contributed by atoms with Gasteiger partial charge in [0.2, 0.25) is 0 Å². The molecule has 0 saturated carbocycles. The van der Waals surface area contributed by atoms with Crippen molar-refractivity contribution >= 4 is 0 Å². The number of aryl methyl sites for hydroxylation is 2. The summed E-state index contributed by atoms with van der Waals surface area (Å²) in [7, 11) is 0. The van der Waals surface area contributed by atoms with Crippen molar-refractivity contribution in [3.63, 3.8) is 0 Å². The fraction of sp³-hybridized carbons (Fsp3) is 0.769. The molecule has 0 saturated heterocycles. The van der Waals surface area contributed by atoms with Crippen molar-refractivity contribution in [2.24, 2.45) is 0 Å². The molecule has 0 aromatic heterocycles. The summed E-state index contributed by atoms with van der Waals surface area (Å²) in [6.07, 6.45) is 24.9. The van der Waals surface area contributed by atoms with Gasteiger partial charge in [0, 0.05) is 0 Å². The smallest absolute Gasteiger partial charge is 0.0146 e. The summed E-state index contributed by atoms with van der Waals surface area (Å²) in [6.45, 7) is 4.58. The quantitative estimate of drug-likeness (QED) is 0.230. The number of benzene rings is 1. The number of unbranched alkanes of at least 4 members (excludes halogenated alkanes) is 14. The first-order valence-corrected chi connectivity index (χ1v) is 11.9. The highest BCUT2D eigenvalue weighted by Crippen LogP contribution is 2.14. The van der Waals surface area contributed by atoms with Gasteiger partial charge in [-0.1, -0.05) is 122 Å². The van der Waals surface area contributed by atoms with Crippen LogP contribution in [0.4, 0.5) is 0 Å². The van der Waals surface area contributed by atoms with E-state index in [-0.39, 0.29) is 0 Å². The van der Waals surface area contributed by atoms with Gasteiger partial charge in [-0.05, 0) is 42.9 Å². The zero-order chi connectivity index (χ0) is 18.7. The van der Waals surface area contributed by atoms with E-state index in [2.05, 4.69) is 38.1 Å². The molecule has 0 spiro atoms. The molecule has 149 valence electrons. The van der Waals surface area contributed by atoms with Crippen LogP contribution in [-0.2, 0) is 12.8 Å². The highest BCUT2D eigenvalue weighted by molar-refractivity contribution is 5.21. The zero-order valence-corrected chi connectivity index (χ0v) is 18.0. The fourth-order valence-electron chi connectivity index (χ4n) is 3.71. The van der Waals surface area contributed by atoms with E-state index < -0.39 is 0 Å². The lowest BCUT2D eigenvalue weighted by Gasteiger charge is -2.05. The van der Waals surface area contributed by atoms with Crippen molar-refractivity contribution in [1.29, 1.82) is 0 Å². The summed E-state index contributed by atoms with van der Waals surface area (Å²) in [5.74, 6) is 0. The molecule has 0 bridgehead atoms. The van der Waals surface area contributed by atoms with Crippen LogP contribution >= 0.6 is 0 Å². The lowest BCUT2D eigenvalue weighted by molar-refractivity contribution is 0.574. The van der Waals surface area contributed by atoms with E-state index in [1.54, 1.807) is 0 Å². The van der Waals surface area contributed by atoms with Crippen LogP contribution in [0, 0.1) is 6.07 Å². The molecule has 0 aliphatic heterocycles. The first-order valence-electron chi connectivity index (χ1n) is 11.9. The van der Waals surface area contributed by atoms with Crippen molar-refractivity contribution in [1.82, 2.24) is 0 Å². The first-order chi connectivity index (χ1) is 12.9. The van der Waals surface area contributed by atoms with E-state index in [1.807, 2.05) is 0 Å². The molecule has 0 atom stereocenters. The summed E-state index contributed by atoms with van der Waals surface area (Å²) in [6, 6.07) is 10.4. The van der Waals surface area contributed by atoms with E-state index in [1.165, 1.54) is 127 Å². The van der Waals surface area contributed by atoms with Crippen molar-refractivity contribution in [2.45, 2.75) is 129 Å². The average Bonchev–Trinajstić information content (AvgIpc) is 2.67. The van der Waals surface area contributed by atoms with E-state index >= 15 is 0 Å². The minimum atomic E-state index is 1.22. The maximum absolute atomic E-state index is 3.53. The predicted octanol–water partition coefficient (Wildman–Crippen LogP) is 8.85. The molecule has 0 aliphatic carbocycles. The molecule has 0 heterocycles. The summed E-state index contributed by atoms with van der Waals surface area (Å²) in [4.78, 5) is 0. The maximum atomic E-state index is 3.53. The molecule has 26 heavy (non-hydrogen) atoms. The molecule has 0 unspecified atom stereocenters. The van der Waals surface area contributed by atoms with Gasteiger partial charge in [0.15, 0.2) is 0 Å². The SMILES string of the molecule is CCCCCCCCCCc1[c]cc(CCCCCCCCCC)cc1.